The molecule has 0 aliphatic rings. The fourth-order valence-corrected chi connectivity index (χ4v) is 0.0544. The first-order chi connectivity index (χ1) is 3.13. The molecule has 0 spiro atoms. The van der Waals surface area contributed by atoms with E-state index in [0.717, 1.165) is 0 Å². The number of rotatable bonds is 2. The first-order valence-corrected chi connectivity index (χ1v) is 1.10. The van der Waals surface area contributed by atoms with Crippen LogP contribution in [0.5, 0.6) is 0 Å². The molecule has 0 N–H and O–H groups in total. The molecule has 0 rings (SSSR count). The molecule has 1 unspecified atom stereocenters. The summed E-state index contributed by atoms with van der Waals surface area (Å²) in [6, 6.07) is 0. The molecule has 0 saturated carbocycles. The Kier molecular flexibility index (Phi) is 15.7. The molecule has 0 saturated heterocycles. The molecular formula is H4KN2O5P. The van der Waals surface area contributed by atoms with Crippen LogP contribution in [0.25, 0.3) is 0 Å². The molecule has 0 amide bonds. The molecule has 1 atom stereocenters. The molecule has 0 radical (unpaired) electrons. The Labute approximate surface area is 95.4 Å². The van der Waals surface area contributed by atoms with Gasteiger partial charge in [-0.05, 0) is 0 Å². The van der Waals surface area contributed by atoms with Crippen molar-refractivity contribution in [3.63, 3.8) is 0 Å². The molecule has 50 valence electrons. The minimum atomic E-state index is -1.50. The first kappa shape index (κ1) is 16.3. The van der Waals surface area contributed by atoms with Crippen LogP contribution in [0.15, 0.2) is 0 Å². The average Bonchev–Trinajstić information content (AvgIpc) is 1.27. The maximum absolute atomic E-state index is 8.95. The summed E-state index contributed by atoms with van der Waals surface area (Å²) in [5.41, 5.74) is 0. The van der Waals surface area contributed by atoms with Crippen LogP contribution >= 0.6 is 9.90 Å². The van der Waals surface area contributed by atoms with Crippen LogP contribution < -0.4 is 0 Å². The predicted octanol–water partition coefficient (Wildman–Crippen LogP) is -1.20. The molecule has 0 heterocycles. The van der Waals surface area contributed by atoms with Crippen molar-refractivity contribution in [2.45, 2.75) is 0 Å². The molecule has 0 aromatic heterocycles. The van der Waals surface area contributed by atoms with Gasteiger partial charge in [-0.25, -0.2) is 0 Å². The summed E-state index contributed by atoms with van der Waals surface area (Å²) < 4.78 is 0. The Morgan fingerprint density at radius 3 is 1.33 bits per heavy atom. The molecule has 0 aromatic rings. The molecule has 0 aliphatic heterocycles. The van der Waals surface area contributed by atoms with Crippen LogP contribution in [0.1, 0.15) is 0 Å². The number of hydrogen-bond acceptors (Lipinski definition) is 5. The Bertz CT molecular complexity index is 91.1. The summed E-state index contributed by atoms with van der Waals surface area (Å²) in [7, 11) is 0. The second-order valence-electron chi connectivity index (χ2n) is 0.529. The van der Waals surface area contributed by atoms with Crippen molar-refractivity contribution in [1.29, 1.82) is 0 Å². The van der Waals surface area contributed by atoms with Gasteiger partial charge in [0.05, 0.1) is 0 Å². The first-order valence-electron chi connectivity index (χ1n) is 1.10. The van der Waals surface area contributed by atoms with Crippen LogP contribution in [0, 0.1) is 20.2 Å². The number of hydrogen-bond donors (Lipinski definition) is 0. The summed E-state index contributed by atoms with van der Waals surface area (Å²) in [6.45, 7) is 0. The Morgan fingerprint density at radius 2 is 1.33 bits per heavy atom. The van der Waals surface area contributed by atoms with Gasteiger partial charge in [0, 0.05) is 4.94 Å². The fourth-order valence-electron chi connectivity index (χ4n) is 0.0544. The van der Waals surface area contributed by atoms with Crippen molar-refractivity contribution in [2.75, 3.05) is 0 Å². The van der Waals surface area contributed by atoms with E-state index in [-0.39, 0.29) is 61.3 Å². The summed E-state index contributed by atoms with van der Waals surface area (Å²) in [5, 5.41) is 14.9. The van der Waals surface area contributed by atoms with E-state index in [9.17, 15) is 0 Å². The average molecular weight is 182 g/mol. The van der Waals surface area contributed by atoms with E-state index < -0.39 is 10.2 Å². The van der Waals surface area contributed by atoms with Gasteiger partial charge >= 0.3 is 61.6 Å². The van der Waals surface area contributed by atoms with Crippen molar-refractivity contribution in [3.05, 3.63) is 20.2 Å². The van der Waals surface area contributed by atoms with Gasteiger partial charge in [0.1, 0.15) is 0 Å². The van der Waals surface area contributed by atoms with Gasteiger partial charge in [-0.15, -0.1) is 20.2 Å². The van der Waals surface area contributed by atoms with Crippen molar-refractivity contribution in [2.24, 2.45) is 0 Å². The predicted molar refractivity (Wildman–Crippen MR) is 33.3 cm³/mol. The van der Waals surface area contributed by atoms with Gasteiger partial charge < -0.3 is 0 Å². The van der Waals surface area contributed by atoms with E-state index in [2.05, 4.69) is 4.94 Å². The topological polar surface area (TPSA) is 95.5 Å². The van der Waals surface area contributed by atoms with Crippen molar-refractivity contribution in [3.8, 4) is 0 Å². The van der Waals surface area contributed by atoms with Crippen LogP contribution in [0.2, 0.25) is 0 Å². The van der Waals surface area contributed by atoms with Gasteiger partial charge in [0.15, 0.2) is 0 Å². The van der Waals surface area contributed by atoms with Gasteiger partial charge in [-0.3, -0.25) is 0 Å². The van der Waals surface area contributed by atoms with E-state index in [1.807, 2.05) is 0 Å². The third-order valence-electron chi connectivity index (χ3n) is 0.133. The van der Waals surface area contributed by atoms with Crippen molar-refractivity contribution in [1.82, 2.24) is 0 Å². The molecule has 0 fully saturated rings. The van der Waals surface area contributed by atoms with E-state index in [0.29, 0.717) is 0 Å². The van der Waals surface area contributed by atoms with Crippen molar-refractivity contribution < 1.29 is 15.1 Å². The standard InChI is InChI=1S/K.N2O5.H3P.H/c;3-1(4)7-2(5)6;;/h;;1H3;. The summed E-state index contributed by atoms with van der Waals surface area (Å²) in [5.74, 6) is 0. The van der Waals surface area contributed by atoms with Gasteiger partial charge in [0.25, 0.3) is 0 Å². The molecule has 9 heteroatoms. The molecular weight excluding hydrogens is 178 g/mol. The quantitative estimate of drug-likeness (QED) is 0.231. The van der Waals surface area contributed by atoms with E-state index in [4.69, 9.17) is 20.2 Å². The van der Waals surface area contributed by atoms with Crippen LogP contribution in [-0.2, 0) is 4.94 Å². The number of nitrogens with zero attached hydrogens (tertiary/aromatic N) is 2. The summed E-state index contributed by atoms with van der Waals surface area (Å²) >= 11 is 0. The normalized spacial score (nSPS) is 5.78. The summed E-state index contributed by atoms with van der Waals surface area (Å²) in [6.07, 6.45) is 0. The Balaban J connectivity index is -0.000000180. The monoisotopic (exact) mass is 182 g/mol. The van der Waals surface area contributed by atoms with Crippen LogP contribution in [0.4, 0.5) is 0 Å². The van der Waals surface area contributed by atoms with Crippen molar-refractivity contribution >= 4 is 61.3 Å². The second-order valence-corrected chi connectivity index (χ2v) is 0.529. The minimum absolute atomic E-state index is 0. The van der Waals surface area contributed by atoms with Crippen LogP contribution in [0.3, 0.4) is 0 Å². The third-order valence-corrected chi connectivity index (χ3v) is 0.133. The SMILES string of the molecule is O=[N+]([O-])O[N+](=O)[O-].P.[KH]. The Hall–Kier alpha value is 0.666. The molecule has 0 aliphatic carbocycles. The van der Waals surface area contributed by atoms with Crippen LogP contribution in [-0.4, -0.2) is 61.6 Å². The van der Waals surface area contributed by atoms with E-state index in [1.54, 1.807) is 0 Å². The van der Waals surface area contributed by atoms with E-state index in [1.165, 1.54) is 0 Å². The Morgan fingerprint density at radius 1 is 1.11 bits per heavy atom. The molecule has 9 heavy (non-hydrogen) atoms. The molecule has 0 aromatic carbocycles. The molecule has 0 bridgehead atoms. The van der Waals surface area contributed by atoms with Gasteiger partial charge in [0.2, 0.25) is 0 Å². The second kappa shape index (κ2) is 8.67. The van der Waals surface area contributed by atoms with Gasteiger partial charge in [-0.1, -0.05) is 0 Å². The zero-order valence-electron chi connectivity index (χ0n) is 3.64. The zero-order chi connectivity index (χ0) is 5.86. The van der Waals surface area contributed by atoms with E-state index >= 15 is 0 Å². The maximum atomic E-state index is 8.95. The third kappa shape index (κ3) is 17.7. The molecule has 7 nitrogen and oxygen atoms in total. The fraction of sp³-hybridized carbons (Fsp3) is 0. The zero-order valence-corrected chi connectivity index (χ0v) is 5.06. The summed E-state index contributed by atoms with van der Waals surface area (Å²) in [4.78, 5) is 20.6. The van der Waals surface area contributed by atoms with Gasteiger partial charge in [-0.2, -0.15) is 9.90 Å².